The van der Waals surface area contributed by atoms with Gasteiger partial charge in [0.25, 0.3) is 5.91 Å². The number of hydrogen-bond donors (Lipinski definition) is 1. The van der Waals surface area contributed by atoms with Crippen molar-refractivity contribution in [2.75, 3.05) is 26.7 Å². The molecule has 3 rings (SSSR count). The van der Waals surface area contributed by atoms with E-state index in [-0.39, 0.29) is 5.91 Å². The zero-order chi connectivity index (χ0) is 16.2. The highest BCUT2D eigenvalue weighted by Gasteiger charge is 2.25. The van der Waals surface area contributed by atoms with Gasteiger partial charge in [0.1, 0.15) is 6.33 Å². The van der Waals surface area contributed by atoms with Gasteiger partial charge in [-0.05, 0) is 61.0 Å². The van der Waals surface area contributed by atoms with Crippen molar-refractivity contribution in [3.05, 3.63) is 35.1 Å². The number of rotatable bonds is 4. The number of hydrogen-bond acceptors (Lipinski definition) is 5. The first-order chi connectivity index (χ1) is 11.2. The van der Waals surface area contributed by atoms with E-state index in [0.717, 1.165) is 38.2 Å². The summed E-state index contributed by atoms with van der Waals surface area (Å²) >= 11 is 6.32. The predicted molar refractivity (Wildman–Crippen MR) is 86.7 cm³/mol. The fraction of sp³-hybridized carbons (Fsp3) is 0.467. The zero-order valence-electron chi connectivity index (χ0n) is 12.9. The zero-order valence-corrected chi connectivity index (χ0v) is 13.7. The number of aromatic nitrogens is 4. The maximum Gasteiger partial charge on any atom is 0.255 e. The van der Waals surface area contributed by atoms with Crippen molar-refractivity contribution in [3.63, 3.8) is 0 Å². The molecule has 1 fully saturated rings. The van der Waals surface area contributed by atoms with E-state index in [9.17, 15) is 4.79 Å². The molecule has 0 unspecified atom stereocenters. The van der Waals surface area contributed by atoms with Gasteiger partial charge in [-0.1, -0.05) is 11.6 Å². The lowest BCUT2D eigenvalue weighted by Gasteiger charge is -2.33. The van der Waals surface area contributed by atoms with Gasteiger partial charge in [0, 0.05) is 13.1 Å². The van der Waals surface area contributed by atoms with Gasteiger partial charge in [-0.3, -0.25) is 4.79 Å². The maximum atomic E-state index is 12.7. The quantitative estimate of drug-likeness (QED) is 0.914. The van der Waals surface area contributed by atoms with Crippen LogP contribution >= 0.6 is 11.6 Å². The Bertz CT molecular complexity index is 673. The molecule has 7 nitrogen and oxygen atoms in total. The third-order valence-electron chi connectivity index (χ3n) is 4.10. The molecule has 0 saturated carbocycles. The smallest absolute Gasteiger partial charge is 0.255 e. The Kier molecular flexibility index (Phi) is 4.88. The Morgan fingerprint density at radius 1 is 1.48 bits per heavy atom. The molecule has 23 heavy (non-hydrogen) atoms. The molecule has 1 aliphatic heterocycles. The van der Waals surface area contributed by atoms with Gasteiger partial charge < -0.3 is 10.2 Å². The minimum Gasteiger partial charge on any atom is -0.338 e. The van der Waals surface area contributed by atoms with Gasteiger partial charge in [-0.25, -0.2) is 4.68 Å². The molecule has 2 aromatic rings. The summed E-state index contributed by atoms with van der Waals surface area (Å²) in [6.07, 6.45) is 3.66. The van der Waals surface area contributed by atoms with Gasteiger partial charge in [-0.15, -0.1) is 5.10 Å². The number of benzene rings is 1. The number of likely N-dealkylation sites (tertiary alicyclic amines) is 1. The molecule has 1 aromatic carbocycles. The number of nitrogens with zero attached hydrogens (tertiary/aromatic N) is 5. The van der Waals surface area contributed by atoms with E-state index in [1.54, 1.807) is 18.2 Å². The number of piperidine rings is 1. The van der Waals surface area contributed by atoms with Crippen molar-refractivity contribution in [2.45, 2.75) is 12.8 Å². The SMILES string of the molecule is CNC[C@H]1CCCN(C(=O)c2ccc(-n3cnnn3)cc2Cl)C1. The number of carbonyl (C=O) groups excluding carboxylic acids is 1. The van der Waals surface area contributed by atoms with Crippen LogP contribution < -0.4 is 5.32 Å². The van der Waals surface area contributed by atoms with Crippen molar-refractivity contribution in [1.29, 1.82) is 0 Å². The lowest BCUT2D eigenvalue weighted by Crippen LogP contribution is -2.42. The van der Waals surface area contributed by atoms with Crippen LogP contribution in [0.1, 0.15) is 23.2 Å². The average molecular weight is 335 g/mol. The first-order valence-corrected chi connectivity index (χ1v) is 8.03. The number of amides is 1. The topological polar surface area (TPSA) is 75.9 Å². The molecule has 122 valence electrons. The number of halogens is 1. The number of carbonyl (C=O) groups is 1. The molecular weight excluding hydrogens is 316 g/mol. The minimum absolute atomic E-state index is 0.0148. The largest absolute Gasteiger partial charge is 0.338 e. The molecule has 2 heterocycles. The molecule has 1 saturated heterocycles. The highest BCUT2D eigenvalue weighted by Crippen LogP contribution is 2.24. The van der Waals surface area contributed by atoms with E-state index < -0.39 is 0 Å². The van der Waals surface area contributed by atoms with E-state index >= 15 is 0 Å². The Hall–Kier alpha value is -1.99. The summed E-state index contributed by atoms with van der Waals surface area (Å²) in [5, 5.41) is 14.6. The van der Waals surface area contributed by atoms with Gasteiger partial charge in [-0.2, -0.15) is 0 Å². The van der Waals surface area contributed by atoms with Crippen LogP contribution in [-0.2, 0) is 0 Å². The second kappa shape index (κ2) is 7.06. The maximum absolute atomic E-state index is 12.7. The van der Waals surface area contributed by atoms with Crippen LogP contribution in [0.2, 0.25) is 5.02 Å². The first kappa shape index (κ1) is 15.9. The normalized spacial score (nSPS) is 18.2. The molecule has 1 aromatic heterocycles. The fourth-order valence-electron chi connectivity index (χ4n) is 2.97. The Labute approximate surface area is 139 Å². The molecule has 0 spiro atoms. The number of tetrazole rings is 1. The molecule has 8 heteroatoms. The molecule has 1 aliphatic rings. The third-order valence-corrected chi connectivity index (χ3v) is 4.41. The monoisotopic (exact) mass is 334 g/mol. The van der Waals surface area contributed by atoms with Gasteiger partial charge in [0.15, 0.2) is 0 Å². The fourth-order valence-corrected chi connectivity index (χ4v) is 3.23. The Balaban J connectivity index is 1.77. The van der Waals surface area contributed by atoms with Crippen LogP contribution in [0.15, 0.2) is 24.5 Å². The van der Waals surface area contributed by atoms with E-state index in [1.807, 2.05) is 11.9 Å². The van der Waals surface area contributed by atoms with Crippen LogP contribution in [0, 0.1) is 5.92 Å². The summed E-state index contributed by atoms with van der Waals surface area (Å²) in [6.45, 7) is 2.48. The van der Waals surface area contributed by atoms with Crippen LogP contribution in [0.4, 0.5) is 0 Å². The summed E-state index contributed by atoms with van der Waals surface area (Å²) < 4.78 is 1.50. The van der Waals surface area contributed by atoms with Crippen molar-refractivity contribution >= 4 is 17.5 Å². The van der Waals surface area contributed by atoms with E-state index in [4.69, 9.17) is 11.6 Å². The Morgan fingerprint density at radius 2 is 2.35 bits per heavy atom. The summed E-state index contributed by atoms with van der Waals surface area (Å²) in [5.41, 5.74) is 1.25. The van der Waals surface area contributed by atoms with Crippen LogP contribution in [0.5, 0.6) is 0 Å². The van der Waals surface area contributed by atoms with E-state index in [1.165, 1.54) is 11.0 Å². The molecule has 0 bridgehead atoms. The lowest BCUT2D eigenvalue weighted by molar-refractivity contribution is 0.0674. The van der Waals surface area contributed by atoms with Crippen molar-refractivity contribution < 1.29 is 4.79 Å². The standard InChI is InChI=1S/C15H19ClN6O/c1-17-8-11-3-2-6-21(9-11)15(23)13-5-4-12(7-14(13)16)22-10-18-19-20-22/h4-5,7,10-11,17H,2-3,6,8-9H2,1H3/t11-/m1/s1. The third kappa shape index (κ3) is 3.51. The summed E-state index contributed by atoms with van der Waals surface area (Å²) in [7, 11) is 1.94. The first-order valence-electron chi connectivity index (χ1n) is 7.66. The summed E-state index contributed by atoms with van der Waals surface area (Å²) in [5.74, 6) is 0.482. The predicted octanol–water partition coefficient (Wildman–Crippen LogP) is 1.39. The van der Waals surface area contributed by atoms with Crippen LogP contribution in [-0.4, -0.2) is 57.7 Å². The van der Waals surface area contributed by atoms with Crippen molar-refractivity contribution in [1.82, 2.24) is 30.4 Å². The molecule has 1 atom stereocenters. The summed E-state index contributed by atoms with van der Waals surface area (Å²) in [6, 6.07) is 5.24. The number of nitrogens with one attached hydrogen (secondary N) is 1. The van der Waals surface area contributed by atoms with Crippen molar-refractivity contribution in [3.8, 4) is 5.69 Å². The molecule has 0 radical (unpaired) electrons. The minimum atomic E-state index is -0.0148. The van der Waals surface area contributed by atoms with Gasteiger partial charge >= 0.3 is 0 Å². The second-order valence-corrected chi connectivity index (χ2v) is 6.14. The molecular formula is C15H19ClN6O. The molecule has 1 amide bonds. The Morgan fingerprint density at radius 3 is 3.04 bits per heavy atom. The van der Waals surface area contributed by atoms with Gasteiger partial charge in [0.2, 0.25) is 0 Å². The van der Waals surface area contributed by atoms with E-state index in [0.29, 0.717) is 16.5 Å². The highest BCUT2D eigenvalue weighted by molar-refractivity contribution is 6.34. The average Bonchev–Trinajstić information content (AvgIpc) is 3.09. The van der Waals surface area contributed by atoms with E-state index in [2.05, 4.69) is 20.8 Å². The second-order valence-electron chi connectivity index (χ2n) is 5.74. The molecule has 0 aliphatic carbocycles. The van der Waals surface area contributed by atoms with Crippen molar-refractivity contribution in [2.24, 2.45) is 5.92 Å². The van der Waals surface area contributed by atoms with Crippen LogP contribution in [0.25, 0.3) is 5.69 Å². The highest BCUT2D eigenvalue weighted by atomic mass is 35.5. The van der Waals surface area contributed by atoms with Gasteiger partial charge in [0.05, 0.1) is 16.3 Å². The lowest BCUT2D eigenvalue weighted by atomic mass is 9.97. The van der Waals surface area contributed by atoms with Crippen LogP contribution in [0.3, 0.4) is 0 Å². The summed E-state index contributed by atoms with van der Waals surface area (Å²) in [4.78, 5) is 14.6. The molecule has 1 N–H and O–H groups in total.